The number of hydrogen-bond acceptors (Lipinski definition) is 13. The van der Waals surface area contributed by atoms with E-state index < -0.39 is 45.7 Å². The number of phenols is 5. The second-order valence-corrected chi connectivity index (χ2v) is 16.9. The van der Waals surface area contributed by atoms with Crippen molar-refractivity contribution in [2.75, 3.05) is 14.2 Å². The number of phenolic OH excluding ortho intramolecular Hbond substituents is 5. The smallest absolute Gasteiger partial charge is 0.204 e. The molecule has 0 fully saturated rings. The first-order valence-corrected chi connectivity index (χ1v) is 19.8. The van der Waals surface area contributed by atoms with Crippen molar-refractivity contribution in [3.05, 3.63) is 101 Å². The van der Waals surface area contributed by atoms with Crippen LogP contribution in [0.25, 0.3) is 43.9 Å². The average molecular weight is 835 g/mol. The molecule has 0 bridgehead atoms. The number of allylic oxidation sites excluding steroid dienone is 6. The summed E-state index contributed by atoms with van der Waals surface area (Å²) >= 11 is 0. The van der Waals surface area contributed by atoms with Crippen molar-refractivity contribution in [2.45, 2.75) is 92.3 Å². The van der Waals surface area contributed by atoms with Gasteiger partial charge in [0.2, 0.25) is 10.9 Å². The summed E-state index contributed by atoms with van der Waals surface area (Å²) in [7, 11) is 2.72. The topological polar surface area (TPSA) is 209 Å². The molecule has 2 aromatic heterocycles. The molecule has 2 atom stereocenters. The molecule has 0 aliphatic carbocycles. The van der Waals surface area contributed by atoms with E-state index in [1.165, 1.54) is 46.3 Å². The van der Waals surface area contributed by atoms with E-state index in [-0.39, 0.29) is 109 Å². The van der Waals surface area contributed by atoms with Gasteiger partial charge in [-0.2, -0.15) is 0 Å². The summed E-state index contributed by atoms with van der Waals surface area (Å²) in [6.45, 7) is 14.1. The molecule has 0 saturated carbocycles. The van der Waals surface area contributed by atoms with Gasteiger partial charge in [0.15, 0.2) is 23.0 Å². The first-order chi connectivity index (χ1) is 28.7. The van der Waals surface area contributed by atoms with Gasteiger partial charge in [-0.25, -0.2) is 0 Å². The minimum Gasteiger partial charge on any atom is -0.507 e. The van der Waals surface area contributed by atoms with Crippen LogP contribution in [0.15, 0.2) is 71.6 Å². The first-order valence-electron chi connectivity index (χ1n) is 19.8. The third kappa shape index (κ3) is 6.96. The SMILES string of the molecule is COc1c(O)cc2oc3cc4c(c(O)c3c(=O)c2c1CC=C(C)C)[C@H](c1c(O)c(CC=C(C)C)c(O)c2c(=O)c3c(CC=C(C)C)c(OC)c(O)cc3oc12)[C@@H](C(C)(C)O)O4. The van der Waals surface area contributed by atoms with E-state index in [0.717, 1.165) is 16.7 Å². The number of rotatable bonds is 10. The maximum atomic E-state index is 15.0. The third-order valence-corrected chi connectivity index (χ3v) is 11.2. The summed E-state index contributed by atoms with van der Waals surface area (Å²) in [5.41, 5.74) is -0.473. The van der Waals surface area contributed by atoms with Crippen LogP contribution >= 0.6 is 0 Å². The van der Waals surface area contributed by atoms with Crippen molar-refractivity contribution in [2.24, 2.45) is 0 Å². The van der Waals surface area contributed by atoms with Crippen LogP contribution in [0.5, 0.6) is 46.0 Å². The molecule has 6 aromatic rings. The molecule has 0 spiro atoms. The van der Waals surface area contributed by atoms with Crippen molar-refractivity contribution in [1.82, 2.24) is 0 Å². The summed E-state index contributed by atoms with van der Waals surface area (Å²) in [5, 5.41) is 70.2. The molecule has 13 nitrogen and oxygen atoms in total. The van der Waals surface area contributed by atoms with Gasteiger partial charge in [0.1, 0.15) is 62.2 Å². The van der Waals surface area contributed by atoms with Crippen LogP contribution in [0.2, 0.25) is 0 Å². The predicted molar refractivity (Wildman–Crippen MR) is 233 cm³/mol. The zero-order chi connectivity index (χ0) is 44.6. The molecule has 1 aliphatic rings. The van der Waals surface area contributed by atoms with Crippen LogP contribution in [0.3, 0.4) is 0 Å². The van der Waals surface area contributed by atoms with Gasteiger partial charge >= 0.3 is 0 Å². The number of aromatic hydroxyl groups is 5. The molecule has 13 heteroatoms. The zero-order valence-electron chi connectivity index (χ0n) is 35.8. The molecule has 320 valence electrons. The maximum absolute atomic E-state index is 15.0. The molecule has 7 rings (SSSR count). The van der Waals surface area contributed by atoms with E-state index in [4.69, 9.17) is 23.0 Å². The van der Waals surface area contributed by atoms with Crippen LogP contribution < -0.4 is 25.1 Å². The normalized spacial score (nSPS) is 14.9. The summed E-state index contributed by atoms with van der Waals surface area (Å²) in [5.74, 6) is -3.54. The van der Waals surface area contributed by atoms with Gasteiger partial charge in [-0.05, 0) is 74.7 Å². The molecule has 3 heterocycles. The standard InChI is InChI=1S/C48H50O13/c1-20(2)11-14-23-32-28(17-26(49)44(23)57-9)59-31-19-30-34(43(55)35(31)41(32)53)36(47(61-30)48(7,8)56)37-39(51)25(16-13-22(5)6)40(52)38-42(54)33-24(15-12-21(3)4)45(58-10)27(50)18-29(33)60-46(37)38/h11-13,17-19,36,47,49-52,55-56H,14-16H2,1-10H3/t36-,47+/m1/s1. The Kier molecular flexibility index (Phi) is 10.8. The fourth-order valence-electron chi connectivity index (χ4n) is 8.37. The molecule has 61 heavy (non-hydrogen) atoms. The molecular formula is C48H50O13. The van der Waals surface area contributed by atoms with Gasteiger partial charge < -0.3 is 53.7 Å². The van der Waals surface area contributed by atoms with E-state index in [1.807, 2.05) is 53.7 Å². The number of aliphatic hydroxyl groups is 1. The Morgan fingerprint density at radius 2 is 1.08 bits per heavy atom. The Labute approximate surface area is 350 Å². The third-order valence-electron chi connectivity index (χ3n) is 11.2. The van der Waals surface area contributed by atoms with E-state index >= 15 is 0 Å². The molecule has 0 amide bonds. The first kappa shape index (κ1) is 42.5. The van der Waals surface area contributed by atoms with E-state index in [0.29, 0.717) is 11.1 Å². The Hall–Kier alpha value is -6.60. The number of ether oxygens (including phenoxy) is 3. The van der Waals surface area contributed by atoms with E-state index in [2.05, 4.69) is 0 Å². The van der Waals surface area contributed by atoms with Gasteiger partial charge in [-0.15, -0.1) is 0 Å². The number of methoxy groups -OCH3 is 2. The lowest BCUT2D eigenvalue weighted by atomic mass is 9.78. The molecule has 4 aromatic carbocycles. The number of benzene rings is 4. The maximum Gasteiger partial charge on any atom is 0.204 e. The van der Waals surface area contributed by atoms with Gasteiger partial charge in [0.25, 0.3) is 0 Å². The Morgan fingerprint density at radius 1 is 0.623 bits per heavy atom. The van der Waals surface area contributed by atoms with Crippen molar-refractivity contribution in [3.63, 3.8) is 0 Å². The zero-order valence-corrected chi connectivity index (χ0v) is 35.8. The number of hydrogen-bond donors (Lipinski definition) is 6. The van der Waals surface area contributed by atoms with Gasteiger partial charge in [-0.3, -0.25) is 9.59 Å². The fourth-order valence-corrected chi connectivity index (χ4v) is 8.37. The molecule has 1 aliphatic heterocycles. The second-order valence-electron chi connectivity index (χ2n) is 16.9. The summed E-state index contributed by atoms with van der Waals surface area (Å²) in [6, 6.07) is 3.85. The lowest BCUT2D eigenvalue weighted by Gasteiger charge is -2.31. The van der Waals surface area contributed by atoms with Gasteiger partial charge in [0, 0.05) is 46.0 Å². The lowest BCUT2D eigenvalue weighted by Crippen LogP contribution is -2.42. The van der Waals surface area contributed by atoms with Crippen LogP contribution in [0, 0.1) is 0 Å². The highest BCUT2D eigenvalue weighted by Gasteiger charge is 2.49. The van der Waals surface area contributed by atoms with Crippen LogP contribution in [0.1, 0.15) is 89.1 Å². The summed E-state index contributed by atoms with van der Waals surface area (Å²) in [6.07, 6.45) is 4.43. The molecule has 6 N–H and O–H groups in total. The van der Waals surface area contributed by atoms with Crippen LogP contribution in [-0.2, 0) is 19.3 Å². The van der Waals surface area contributed by atoms with Crippen LogP contribution in [-0.4, -0.2) is 56.6 Å². The monoisotopic (exact) mass is 834 g/mol. The summed E-state index contributed by atoms with van der Waals surface area (Å²) < 4.78 is 30.2. The van der Waals surface area contributed by atoms with Crippen LogP contribution in [0.4, 0.5) is 0 Å². The predicted octanol–water partition coefficient (Wildman–Crippen LogP) is 8.94. The van der Waals surface area contributed by atoms with Crippen molar-refractivity contribution >= 4 is 43.9 Å². The molecular weight excluding hydrogens is 785 g/mol. The van der Waals surface area contributed by atoms with Gasteiger partial charge in [0.05, 0.1) is 36.5 Å². The van der Waals surface area contributed by atoms with Crippen molar-refractivity contribution in [3.8, 4) is 46.0 Å². The highest BCUT2D eigenvalue weighted by Crippen LogP contribution is 2.57. The molecule has 0 saturated heterocycles. The van der Waals surface area contributed by atoms with Crippen molar-refractivity contribution in [1.29, 1.82) is 0 Å². The minimum absolute atomic E-state index is 0.0180. The highest BCUT2D eigenvalue weighted by molar-refractivity contribution is 6.02. The average Bonchev–Trinajstić information content (AvgIpc) is 3.55. The largest absolute Gasteiger partial charge is 0.507 e. The van der Waals surface area contributed by atoms with E-state index in [1.54, 1.807) is 6.08 Å². The number of fused-ring (bicyclic) bond motifs is 5. The van der Waals surface area contributed by atoms with Gasteiger partial charge in [-0.1, -0.05) is 34.9 Å². The Bertz CT molecular complexity index is 3030. The Morgan fingerprint density at radius 3 is 1.56 bits per heavy atom. The summed E-state index contributed by atoms with van der Waals surface area (Å²) in [4.78, 5) is 29.7. The van der Waals surface area contributed by atoms with E-state index in [9.17, 15) is 40.2 Å². The minimum atomic E-state index is -1.74. The fraction of sp³-hybridized carbons (Fsp3) is 0.333. The second kappa shape index (κ2) is 15.5. The molecule has 0 radical (unpaired) electrons. The highest BCUT2D eigenvalue weighted by atomic mass is 16.5. The van der Waals surface area contributed by atoms with Crippen molar-refractivity contribution < 1.29 is 53.7 Å². The quantitative estimate of drug-likeness (QED) is 0.0563. The molecule has 0 unspecified atom stereocenters. The Balaban J connectivity index is 1.66. The lowest BCUT2D eigenvalue weighted by molar-refractivity contribution is -0.0297.